The Hall–Kier alpha value is -1.02. The minimum absolute atomic E-state index is 0.241. The van der Waals surface area contributed by atoms with Crippen LogP contribution in [-0.4, -0.2) is 20.1 Å². The Morgan fingerprint density at radius 1 is 1.31 bits per heavy atom. The van der Waals surface area contributed by atoms with Crippen LogP contribution in [0.3, 0.4) is 0 Å². The van der Waals surface area contributed by atoms with E-state index in [2.05, 4.69) is 51.0 Å². The highest BCUT2D eigenvalue weighted by Gasteiger charge is 2.49. The van der Waals surface area contributed by atoms with E-state index in [1.165, 1.54) is 29.7 Å². The number of benzene rings is 1. The van der Waals surface area contributed by atoms with Crippen molar-refractivity contribution in [1.82, 2.24) is 0 Å². The van der Waals surface area contributed by atoms with Crippen LogP contribution in [0.2, 0.25) is 0 Å². The number of nitrogens with two attached hydrogens (primary N) is 1. The first-order valence-corrected chi connectivity index (χ1v) is 6.02. The minimum atomic E-state index is 0.241. The molecule has 0 saturated heterocycles. The fourth-order valence-electron chi connectivity index (χ4n) is 2.74. The molecule has 16 heavy (non-hydrogen) atoms. The maximum Gasteiger partial charge on any atom is 0.0402 e. The lowest BCUT2D eigenvalue weighted by molar-refractivity contribution is 0.554. The first-order chi connectivity index (χ1) is 7.49. The molecule has 0 amide bonds. The molecular formula is C14H22N2. The number of anilines is 1. The van der Waals surface area contributed by atoms with Gasteiger partial charge in [-0.15, -0.1) is 0 Å². The van der Waals surface area contributed by atoms with Gasteiger partial charge in [-0.2, -0.15) is 0 Å². The van der Waals surface area contributed by atoms with Crippen molar-refractivity contribution < 1.29 is 0 Å². The van der Waals surface area contributed by atoms with Crippen LogP contribution in [0.15, 0.2) is 18.2 Å². The van der Waals surface area contributed by atoms with Crippen molar-refractivity contribution in [3.63, 3.8) is 0 Å². The van der Waals surface area contributed by atoms with Crippen LogP contribution in [0.25, 0.3) is 0 Å². The molecule has 0 bridgehead atoms. The van der Waals surface area contributed by atoms with Gasteiger partial charge in [0.2, 0.25) is 0 Å². The van der Waals surface area contributed by atoms with Gasteiger partial charge in [0, 0.05) is 31.2 Å². The molecule has 0 aliphatic heterocycles. The molecule has 1 aromatic carbocycles. The summed E-state index contributed by atoms with van der Waals surface area (Å²) in [4.78, 5) is 2.20. The highest BCUT2D eigenvalue weighted by atomic mass is 15.1. The Kier molecular flexibility index (Phi) is 2.70. The number of rotatable bonds is 3. The van der Waals surface area contributed by atoms with E-state index >= 15 is 0 Å². The lowest BCUT2D eigenvalue weighted by Crippen LogP contribution is -2.33. The highest BCUT2D eigenvalue weighted by Crippen LogP contribution is 2.54. The van der Waals surface area contributed by atoms with E-state index < -0.39 is 0 Å². The average Bonchev–Trinajstić information content (AvgIpc) is 2.98. The first kappa shape index (κ1) is 11.5. The van der Waals surface area contributed by atoms with Gasteiger partial charge in [-0.25, -0.2) is 0 Å². The van der Waals surface area contributed by atoms with Crippen LogP contribution in [0, 0.1) is 6.92 Å². The van der Waals surface area contributed by atoms with Crippen LogP contribution >= 0.6 is 0 Å². The molecule has 0 radical (unpaired) electrons. The van der Waals surface area contributed by atoms with Crippen molar-refractivity contribution in [2.24, 2.45) is 5.73 Å². The van der Waals surface area contributed by atoms with E-state index in [9.17, 15) is 0 Å². The summed E-state index contributed by atoms with van der Waals surface area (Å²) in [5.41, 5.74) is 10.6. The molecule has 2 rings (SSSR count). The quantitative estimate of drug-likeness (QED) is 0.844. The van der Waals surface area contributed by atoms with Crippen molar-refractivity contribution in [3.05, 3.63) is 29.3 Å². The Bertz CT molecular complexity index is 390. The second-order valence-electron chi connectivity index (χ2n) is 5.31. The number of aryl methyl sites for hydroxylation is 1. The summed E-state index contributed by atoms with van der Waals surface area (Å²) < 4.78 is 0. The fraction of sp³-hybridized carbons (Fsp3) is 0.571. The maximum absolute atomic E-state index is 6.18. The van der Waals surface area contributed by atoms with E-state index in [0.717, 1.165) is 0 Å². The molecule has 0 spiro atoms. The van der Waals surface area contributed by atoms with Crippen LogP contribution in [-0.2, 0) is 5.41 Å². The monoisotopic (exact) mass is 218 g/mol. The van der Waals surface area contributed by atoms with E-state index in [0.29, 0.717) is 0 Å². The molecule has 0 aromatic heterocycles. The zero-order valence-electron chi connectivity index (χ0n) is 10.7. The van der Waals surface area contributed by atoms with E-state index in [1.807, 2.05) is 0 Å². The Morgan fingerprint density at radius 2 is 1.94 bits per heavy atom. The molecule has 1 aliphatic rings. The van der Waals surface area contributed by atoms with Gasteiger partial charge >= 0.3 is 0 Å². The van der Waals surface area contributed by atoms with Gasteiger partial charge in [-0.05, 0) is 43.9 Å². The maximum atomic E-state index is 6.18. The number of hydrogen-bond donors (Lipinski definition) is 1. The van der Waals surface area contributed by atoms with Gasteiger partial charge in [-0.1, -0.05) is 12.1 Å². The molecule has 2 heteroatoms. The number of nitrogens with zero attached hydrogens (tertiary/aromatic N) is 1. The highest BCUT2D eigenvalue weighted by molar-refractivity contribution is 5.61. The van der Waals surface area contributed by atoms with Gasteiger partial charge in [0.25, 0.3) is 0 Å². The second-order valence-corrected chi connectivity index (χ2v) is 5.31. The summed E-state index contributed by atoms with van der Waals surface area (Å²) in [5, 5.41) is 0. The molecule has 88 valence electrons. The molecule has 0 heterocycles. The average molecular weight is 218 g/mol. The Morgan fingerprint density at radius 3 is 2.38 bits per heavy atom. The van der Waals surface area contributed by atoms with Crippen molar-refractivity contribution in [3.8, 4) is 0 Å². The van der Waals surface area contributed by atoms with E-state index in [-0.39, 0.29) is 11.5 Å². The standard InChI is InChI=1S/C14H22N2/c1-10-6-5-7-12(16(3)4)13(10)14(8-9-14)11(2)15/h5-7,11H,8-9,15H2,1-4H3. The third-order valence-electron chi connectivity index (χ3n) is 3.89. The SMILES string of the molecule is Cc1cccc(N(C)C)c1C1(C(C)N)CC1. The Balaban J connectivity index is 2.55. The third-order valence-corrected chi connectivity index (χ3v) is 3.89. The summed E-state index contributed by atoms with van der Waals surface area (Å²) >= 11 is 0. The smallest absolute Gasteiger partial charge is 0.0402 e. The van der Waals surface area contributed by atoms with Gasteiger partial charge in [-0.3, -0.25) is 0 Å². The zero-order valence-corrected chi connectivity index (χ0v) is 10.7. The lowest BCUT2D eigenvalue weighted by atomic mass is 9.85. The van der Waals surface area contributed by atoms with Crippen LogP contribution in [0.5, 0.6) is 0 Å². The Labute approximate surface area is 98.4 Å². The van der Waals surface area contributed by atoms with Crippen LogP contribution in [0.4, 0.5) is 5.69 Å². The molecule has 2 nitrogen and oxygen atoms in total. The molecule has 1 fully saturated rings. The van der Waals surface area contributed by atoms with E-state index in [1.54, 1.807) is 0 Å². The predicted molar refractivity (Wildman–Crippen MR) is 70.1 cm³/mol. The second kappa shape index (κ2) is 3.77. The fourth-order valence-corrected chi connectivity index (χ4v) is 2.74. The van der Waals surface area contributed by atoms with Gasteiger partial charge in [0.15, 0.2) is 0 Å². The van der Waals surface area contributed by atoms with Crippen molar-refractivity contribution in [2.45, 2.75) is 38.1 Å². The molecule has 2 N–H and O–H groups in total. The molecular weight excluding hydrogens is 196 g/mol. The van der Waals surface area contributed by atoms with Crippen molar-refractivity contribution in [2.75, 3.05) is 19.0 Å². The van der Waals surface area contributed by atoms with Crippen LogP contribution in [0.1, 0.15) is 30.9 Å². The first-order valence-electron chi connectivity index (χ1n) is 6.02. The normalized spacial score (nSPS) is 19.3. The molecule has 1 atom stereocenters. The van der Waals surface area contributed by atoms with Gasteiger partial charge in [0.1, 0.15) is 0 Å². The van der Waals surface area contributed by atoms with Crippen LogP contribution < -0.4 is 10.6 Å². The summed E-state index contributed by atoms with van der Waals surface area (Å²) in [7, 11) is 4.21. The minimum Gasteiger partial charge on any atom is -0.377 e. The summed E-state index contributed by atoms with van der Waals surface area (Å²) in [6.07, 6.45) is 2.46. The molecule has 1 aromatic rings. The molecule has 1 aliphatic carbocycles. The molecule has 1 unspecified atom stereocenters. The van der Waals surface area contributed by atoms with Crippen molar-refractivity contribution in [1.29, 1.82) is 0 Å². The summed E-state index contributed by atoms with van der Waals surface area (Å²) in [6, 6.07) is 6.77. The van der Waals surface area contributed by atoms with E-state index in [4.69, 9.17) is 5.73 Å². The summed E-state index contributed by atoms with van der Waals surface area (Å²) in [6.45, 7) is 4.34. The van der Waals surface area contributed by atoms with Gasteiger partial charge in [0.05, 0.1) is 0 Å². The third kappa shape index (κ3) is 1.61. The summed E-state index contributed by atoms with van der Waals surface area (Å²) in [5.74, 6) is 0. The largest absolute Gasteiger partial charge is 0.377 e. The van der Waals surface area contributed by atoms with Crippen molar-refractivity contribution >= 4 is 5.69 Å². The van der Waals surface area contributed by atoms with Gasteiger partial charge < -0.3 is 10.6 Å². The predicted octanol–water partition coefficient (Wildman–Crippen LogP) is 2.44. The molecule has 1 saturated carbocycles. The lowest BCUT2D eigenvalue weighted by Gasteiger charge is -2.28. The number of hydrogen-bond acceptors (Lipinski definition) is 2. The topological polar surface area (TPSA) is 29.3 Å². The zero-order chi connectivity index (χ0) is 11.9.